The van der Waals surface area contributed by atoms with Crippen molar-refractivity contribution in [3.05, 3.63) is 59.0 Å². The zero-order chi connectivity index (χ0) is 17.1. The number of H-pyrrole nitrogens is 2. The minimum absolute atomic E-state index is 0.0541. The fourth-order valence-electron chi connectivity index (χ4n) is 2.66. The van der Waals surface area contributed by atoms with Crippen LogP contribution in [0.5, 0.6) is 0 Å². The molecule has 0 atom stereocenters. The summed E-state index contributed by atoms with van der Waals surface area (Å²) in [6, 6.07) is 11.9. The average molecular weight is 323 g/mol. The summed E-state index contributed by atoms with van der Waals surface area (Å²) in [5, 5.41) is 14.4. The van der Waals surface area contributed by atoms with Crippen molar-refractivity contribution >= 4 is 5.91 Å². The van der Waals surface area contributed by atoms with Gasteiger partial charge >= 0.3 is 0 Å². The predicted molar refractivity (Wildman–Crippen MR) is 92.3 cm³/mol. The number of likely N-dealkylation sites (N-methyl/N-ethyl adjacent to an activating group) is 1. The van der Waals surface area contributed by atoms with E-state index >= 15 is 0 Å². The number of nitrogens with one attached hydrogen (secondary N) is 2. The van der Waals surface area contributed by atoms with Crippen LogP contribution in [0, 0.1) is 13.8 Å². The lowest BCUT2D eigenvalue weighted by Gasteiger charge is -2.16. The van der Waals surface area contributed by atoms with E-state index in [0.29, 0.717) is 13.0 Å². The Morgan fingerprint density at radius 2 is 1.88 bits per heavy atom. The van der Waals surface area contributed by atoms with Crippen LogP contribution in [-0.4, -0.2) is 38.2 Å². The number of rotatable bonds is 5. The molecule has 0 fully saturated rings. The van der Waals surface area contributed by atoms with Gasteiger partial charge in [-0.2, -0.15) is 10.2 Å². The Morgan fingerprint density at radius 3 is 2.54 bits per heavy atom. The van der Waals surface area contributed by atoms with Crippen molar-refractivity contribution in [1.82, 2.24) is 25.3 Å². The highest BCUT2D eigenvalue weighted by Gasteiger charge is 2.16. The van der Waals surface area contributed by atoms with Crippen LogP contribution in [0.1, 0.15) is 22.6 Å². The topological polar surface area (TPSA) is 77.7 Å². The number of amides is 1. The van der Waals surface area contributed by atoms with Crippen molar-refractivity contribution in [1.29, 1.82) is 0 Å². The van der Waals surface area contributed by atoms with Gasteiger partial charge in [-0.3, -0.25) is 15.0 Å². The second kappa shape index (κ2) is 6.70. The summed E-state index contributed by atoms with van der Waals surface area (Å²) in [5.74, 6) is 0.0541. The summed E-state index contributed by atoms with van der Waals surface area (Å²) in [5.41, 5.74) is 5.64. The number of aryl methyl sites for hydroxylation is 2. The van der Waals surface area contributed by atoms with Crippen LogP contribution in [0.25, 0.3) is 11.3 Å². The smallest absolute Gasteiger partial charge is 0.227 e. The molecule has 0 aliphatic rings. The molecule has 0 aliphatic carbocycles. The third-order valence-corrected chi connectivity index (χ3v) is 4.14. The number of aromatic nitrogens is 4. The summed E-state index contributed by atoms with van der Waals surface area (Å²) in [6.07, 6.45) is 0.352. The first-order valence-electron chi connectivity index (χ1n) is 7.88. The van der Waals surface area contributed by atoms with Crippen molar-refractivity contribution in [3.63, 3.8) is 0 Å². The van der Waals surface area contributed by atoms with Crippen LogP contribution >= 0.6 is 0 Å². The van der Waals surface area contributed by atoms with Gasteiger partial charge in [0, 0.05) is 23.9 Å². The molecular formula is C18H21N5O. The highest BCUT2D eigenvalue weighted by atomic mass is 16.2. The highest BCUT2D eigenvalue weighted by molar-refractivity contribution is 5.79. The van der Waals surface area contributed by atoms with Crippen molar-refractivity contribution in [2.24, 2.45) is 0 Å². The van der Waals surface area contributed by atoms with E-state index in [-0.39, 0.29) is 5.91 Å². The standard InChI is InChI=1S/C18H21N5O/c1-12-16(13(2)20-19-12)10-18(24)23(3)11-15-9-17(22-21-15)14-7-5-4-6-8-14/h4-9H,10-11H2,1-3H3,(H,19,20)(H,21,22). The zero-order valence-corrected chi connectivity index (χ0v) is 14.1. The van der Waals surface area contributed by atoms with Gasteiger partial charge in [0.2, 0.25) is 5.91 Å². The molecule has 3 aromatic rings. The van der Waals surface area contributed by atoms with Crippen LogP contribution < -0.4 is 0 Å². The molecule has 0 spiro atoms. The number of benzene rings is 1. The number of hydrogen-bond acceptors (Lipinski definition) is 3. The molecular weight excluding hydrogens is 302 g/mol. The second-order valence-corrected chi connectivity index (χ2v) is 5.98. The predicted octanol–water partition coefficient (Wildman–Crippen LogP) is 2.62. The lowest BCUT2D eigenvalue weighted by molar-refractivity contribution is -0.129. The molecule has 0 aliphatic heterocycles. The first kappa shape index (κ1) is 16.0. The zero-order valence-electron chi connectivity index (χ0n) is 14.1. The average Bonchev–Trinajstić information content (AvgIpc) is 3.17. The Labute approximate surface area is 140 Å². The number of carbonyl (C=O) groups is 1. The lowest BCUT2D eigenvalue weighted by Crippen LogP contribution is -2.28. The van der Waals surface area contributed by atoms with E-state index in [9.17, 15) is 4.79 Å². The minimum atomic E-state index is 0.0541. The lowest BCUT2D eigenvalue weighted by atomic mass is 10.1. The van der Waals surface area contributed by atoms with E-state index in [2.05, 4.69) is 20.4 Å². The second-order valence-electron chi connectivity index (χ2n) is 5.98. The van der Waals surface area contributed by atoms with Crippen molar-refractivity contribution < 1.29 is 4.79 Å². The monoisotopic (exact) mass is 323 g/mol. The minimum Gasteiger partial charge on any atom is -0.340 e. The first-order chi connectivity index (χ1) is 11.5. The van der Waals surface area contributed by atoms with Gasteiger partial charge < -0.3 is 4.90 Å². The van der Waals surface area contributed by atoms with E-state index in [1.54, 1.807) is 11.9 Å². The molecule has 0 saturated heterocycles. The molecule has 2 N–H and O–H groups in total. The first-order valence-corrected chi connectivity index (χ1v) is 7.88. The maximum Gasteiger partial charge on any atom is 0.227 e. The normalized spacial score (nSPS) is 10.8. The summed E-state index contributed by atoms with van der Waals surface area (Å²) in [4.78, 5) is 14.1. The quantitative estimate of drug-likeness (QED) is 0.757. The Hall–Kier alpha value is -2.89. The molecule has 6 nitrogen and oxygen atoms in total. The maximum atomic E-state index is 12.4. The SMILES string of the molecule is Cc1n[nH]c(C)c1CC(=O)N(C)Cc1cc(-c2ccccc2)n[nH]1. The molecule has 124 valence electrons. The highest BCUT2D eigenvalue weighted by Crippen LogP contribution is 2.18. The van der Waals surface area contributed by atoms with E-state index in [1.165, 1.54) is 0 Å². The molecule has 2 aromatic heterocycles. The van der Waals surface area contributed by atoms with Crippen molar-refractivity contribution in [3.8, 4) is 11.3 Å². The van der Waals surface area contributed by atoms with E-state index < -0.39 is 0 Å². The van der Waals surface area contributed by atoms with Crippen LogP contribution in [-0.2, 0) is 17.8 Å². The molecule has 0 radical (unpaired) electrons. The molecule has 1 amide bonds. The van der Waals surface area contributed by atoms with Gasteiger partial charge in [-0.25, -0.2) is 0 Å². The van der Waals surface area contributed by atoms with Crippen LogP contribution in [0.15, 0.2) is 36.4 Å². The van der Waals surface area contributed by atoms with Gasteiger partial charge in [-0.1, -0.05) is 30.3 Å². The fourth-order valence-corrected chi connectivity index (χ4v) is 2.66. The maximum absolute atomic E-state index is 12.4. The van der Waals surface area contributed by atoms with E-state index in [0.717, 1.165) is 33.9 Å². The van der Waals surface area contributed by atoms with Crippen LogP contribution in [0.2, 0.25) is 0 Å². The summed E-state index contributed by atoms with van der Waals surface area (Å²) < 4.78 is 0. The largest absolute Gasteiger partial charge is 0.340 e. The number of aromatic amines is 2. The van der Waals surface area contributed by atoms with E-state index in [1.807, 2.05) is 50.2 Å². The number of hydrogen-bond donors (Lipinski definition) is 2. The molecule has 0 unspecified atom stereocenters. The van der Waals surface area contributed by atoms with Gasteiger partial charge in [0.1, 0.15) is 0 Å². The molecule has 1 aromatic carbocycles. The Kier molecular flexibility index (Phi) is 4.46. The molecule has 2 heterocycles. The number of carbonyl (C=O) groups excluding carboxylic acids is 1. The van der Waals surface area contributed by atoms with Crippen molar-refractivity contribution in [2.75, 3.05) is 7.05 Å². The van der Waals surface area contributed by atoms with Crippen LogP contribution in [0.4, 0.5) is 0 Å². The van der Waals surface area contributed by atoms with Crippen molar-refractivity contribution in [2.45, 2.75) is 26.8 Å². The summed E-state index contributed by atoms with van der Waals surface area (Å²) in [6.45, 7) is 4.34. The summed E-state index contributed by atoms with van der Waals surface area (Å²) in [7, 11) is 1.80. The van der Waals surface area contributed by atoms with E-state index in [4.69, 9.17) is 0 Å². The third-order valence-electron chi connectivity index (χ3n) is 4.14. The summed E-state index contributed by atoms with van der Waals surface area (Å²) >= 11 is 0. The van der Waals surface area contributed by atoms with Gasteiger partial charge in [0.25, 0.3) is 0 Å². The third kappa shape index (κ3) is 3.37. The molecule has 0 bridgehead atoms. The molecule has 3 rings (SSSR count). The van der Waals surface area contributed by atoms with Gasteiger partial charge in [0.05, 0.1) is 30.0 Å². The number of nitrogens with zero attached hydrogens (tertiary/aromatic N) is 3. The molecule has 24 heavy (non-hydrogen) atoms. The fraction of sp³-hybridized carbons (Fsp3) is 0.278. The Morgan fingerprint density at radius 1 is 1.12 bits per heavy atom. The molecule has 6 heteroatoms. The van der Waals surface area contributed by atoms with Gasteiger partial charge in [-0.15, -0.1) is 0 Å². The van der Waals surface area contributed by atoms with Crippen LogP contribution in [0.3, 0.4) is 0 Å². The molecule has 0 saturated carbocycles. The van der Waals surface area contributed by atoms with Gasteiger partial charge in [-0.05, 0) is 19.9 Å². The Bertz CT molecular complexity index is 815. The van der Waals surface area contributed by atoms with Gasteiger partial charge in [0.15, 0.2) is 0 Å². The Balaban J connectivity index is 1.66.